The molecule has 0 spiro atoms. The molecule has 1 nitrogen and oxygen atoms in total. The molecule has 1 heteroatoms. The molecular weight excluding hydrogens is 232 g/mol. The minimum atomic E-state index is -0.768. The van der Waals surface area contributed by atoms with E-state index in [-0.39, 0.29) is 0 Å². The lowest BCUT2D eigenvalue weighted by molar-refractivity contribution is -0.0250. The van der Waals surface area contributed by atoms with E-state index in [1.165, 1.54) is 0 Å². The number of hydrogen-bond donors (Lipinski definition) is 1. The van der Waals surface area contributed by atoms with Gasteiger partial charge in [-0.05, 0) is 42.2 Å². The van der Waals surface area contributed by atoms with Gasteiger partial charge in [0.25, 0.3) is 0 Å². The van der Waals surface area contributed by atoms with Crippen LogP contribution in [0.25, 0.3) is 0 Å². The molecule has 2 aliphatic rings. The molecule has 0 radical (unpaired) electrons. The van der Waals surface area contributed by atoms with Crippen molar-refractivity contribution < 1.29 is 5.11 Å². The van der Waals surface area contributed by atoms with Gasteiger partial charge < -0.3 is 5.11 Å². The molecule has 2 saturated carbocycles. The maximum Gasteiger partial charge on any atom is 0.129 e. The van der Waals surface area contributed by atoms with Gasteiger partial charge in [-0.3, -0.25) is 0 Å². The van der Waals surface area contributed by atoms with Crippen molar-refractivity contribution in [2.75, 3.05) is 0 Å². The Hall–Kier alpha value is -1.26. The third kappa shape index (κ3) is 1.90. The first kappa shape index (κ1) is 12.8. The summed E-state index contributed by atoms with van der Waals surface area (Å²) >= 11 is 0. The third-order valence-electron chi connectivity index (χ3n) is 5.74. The molecular formula is C18H22O. The molecule has 2 aliphatic carbocycles. The lowest BCUT2D eigenvalue weighted by Crippen LogP contribution is -2.44. The molecule has 0 aliphatic heterocycles. The second kappa shape index (κ2) is 4.12. The van der Waals surface area contributed by atoms with Crippen molar-refractivity contribution in [3.8, 4) is 11.8 Å². The zero-order valence-electron chi connectivity index (χ0n) is 12.0. The average molecular weight is 254 g/mol. The van der Waals surface area contributed by atoms with E-state index in [2.05, 4.69) is 32.6 Å². The Labute approximate surface area is 116 Å². The standard InChI is InChI=1S/C18H22O/c1-13-16-11-15(17(13,2)3)12-18(16,19)10-9-14-7-5-4-6-8-14/h4-8,13,15-16,19H,11-12H2,1-3H3/t13-,15-,16-,18+/m0/s1. The molecule has 2 fully saturated rings. The predicted molar refractivity (Wildman–Crippen MR) is 77.4 cm³/mol. The molecule has 0 heterocycles. The van der Waals surface area contributed by atoms with E-state index in [1.54, 1.807) is 0 Å². The number of rotatable bonds is 0. The van der Waals surface area contributed by atoms with Gasteiger partial charge in [-0.2, -0.15) is 0 Å². The molecule has 4 atom stereocenters. The molecule has 19 heavy (non-hydrogen) atoms. The number of benzene rings is 1. The Kier molecular flexibility index (Phi) is 2.76. The van der Waals surface area contributed by atoms with E-state index in [0.29, 0.717) is 23.2 Å². The van der Waals surface area contributed by atoms with E-state index in [1.807, 2.05) is 30.3 Å². The van der Waals surface area contributed by atoms with E-state index >= 15 is 0 Å². The van der Waals surface area contributed by atoms with E-state index in [0.717, 1.165) is 18.4 Å². The zero-order chi connectivity index (χ0) is 13.7. The first-order valence-electron chi connectivity index (χ1n) is 7.24. The Morgan fingerprint density at radius 2 is 1.89 bits per heavy atom. The normalized spacial score (nSPS) is 38.8. The highest BCUT2D eigenvalue weighted by atomic mass is 16.3. The summed E-state index contributed by atoms with van der Waals surface area (Å²) in [6.07, 6.45) is 1.98. The largest absolute Gasteiger partial charge is 0.377 e. The first-order valence-corrected chi connectivity index (χ1v) is 7.24. The van der Waals surface area contributed by atoms with Gasteiger partial charge >= 0.3 is 0 Å². The number of fused-ring (bicyclic) bond motifs is 2. The van der Waals surface area contributed by atoms with Gasteiger partial charge in [0, 0.05) is 11.5 Å². The summed E-state index contributed by atoms with van der Waals surface area (Å²) in [5.74, 6) is 7.83. The molecule has 3 rings (SSSR count). The highest BCUT2D eigenvalue weighted by Crippen LogP contribution is 2.62. The van der Waals surface area contributed by atoms with Gasteiger partial charge in [0.2, 0.25) is 0 Å². The fraction of sp³-hybridized carbons (Fsp3) is 0.556. The van der Waals surface area contributed by atoms with Crippen molar-refractivity contribution in [1.82, 2.24) is 0 Å². The Morgan fingerprint density at radius 1 is 1.21 bits per heavy atom. The summed E-state index contributed by atoms with van der Waals surface area (Å²) < 4.78 is 0. The predicted octanol–water partition coefficient (Wildman–Crippen LogP) is 3.47. The lowest BCUT2D eigenvalue weighted by Gasteiger charge is -2.42. The Bertz CT molecular complexity index is 530. The van der Waals surface area contributed by atoms with Crippen LogP contribution in [-0.4, -0.2) is 10.7 Å². The molecule has 0 saturated heterocycles. The van der Waals surface area contributed by atoms with E-state index in [9.17, 15) is 5.11 Å². The minimum Gasteiger partial charge on any atom is -0.377 e. The molecule has 100 valence electrons. The van der Waals surface area contributed by atoms with Crippen LogP contribution < -0.4 is 0 Å². The first-order chi connectivity index (χ1) is 8.93. The molecule has 2 bridgehead atoms. The minimum absolute atomic E-state index is 0.337. The van der Waals surface area contributed by atoms with Gasteiger partial charge in [0.1, 0.15) is 5.60 Å². The summed E-state index contributed by atoms with van der Waals surface area (Å²) in [5, 5.41) is 10.9. The molecule has 1 aromatic rings. The van der Waals surface area contributed by atoms with Crippen LogP contribution >= 0.6 is 0 Å². The topological polar surface area (TPSA) is 20.2 Å². The molecule has 0 aromatic heterocycles. The van der Waals surface area contributed by atoms with Crippen LogP contribution in [0, 0.1) is 35.0 Å². The van der Waals surface area contributed by atoms with E-state index < -0.39 is 5.60 Å². The fourth-order valence-corrected chi connectivity index (χ4v) is 4.03. The van der Waals surface area contributed by atoms with Crippen molar-refractivity contribution in [2.45, 2.75) is 39.2 Å². The average Bonchev–Trinajstić information content (AvgIpc) is 2.85. The van der Waals surface area contributed by atoms with Gasteiger partial charge in [0.05, 0.1) is 0 Å². The van der Waals surface area contributed by atoms with Gasteiger partial charge in [0.15, 0.2) is 0 Å². The van der Waals surface area contributed by atoms with Gasteiger partial charge in [-0.1, -0.05) is 50.8 Å². The summed E-state index contributed by atoms with van der Waals surface area (Å²) in [7, 11) is 0. The van der Waals surface area contributed by atoms with Gasteiger partial charge in [-0.25, -0.2) is 0 Å². The maximum absolute atomic E-state index is 10.9. The number of hydrogen-bond acceptors (Lipinski definition) is 1. The van der Waals surface area contributed by atoms with E-state index in [4.69, 9.17) is 0 Å². The van der Waals surface area contributed by atoms with Crippen LogP contribution in [0.2, 0.25) is 0 Å². The highest BCUT2D eigenvalue weighted by Gasteiger charge is 2.60. The van der Waals surface area contributed by atoms with Crippen molar-refractivity contribution in [3.63, 3.8) is 0 Å². The van der Waals surface area contributed by atoms with Crippen LogP contribution in [0.5, 0.6) is 0 Å². The quantitative estimate of drug-likeness (QED) is 0.703. The van der Waals surface area contributed by atoms with Crippen molar-refractivity contribution >= 4 is 0 Å². The monoisotopic (exact) mass is 254 g/mol. The summed E-state index contributed by atoms with van der Waals surface area (Å²) in [5.41, 5.74) is 0.575. The van der Waals surface area contributed by atoms with Crippen molar-refractivity contribution in [3.05, 3.63) is 35.9 Å². The van der Waals surface area contributed by atoms with Crippen LogP contribution in [0.15, 0.2) is 30.3 Å². The number of aliphatic hydroxyl groups is 1. The maximum atomic E-state index is 10.9. The Morgan fingerprint density at radius 3 is 2.47 bits per heavy atom. The molecule has 0 amide bonds. The SMILES string of the molecule is C[C@H]1[C@@H]2C[C@@H](C[C@]2(O)C#Cc2ccccc2)C1(C)C. The molecule has 1 aromatic carbocycles. The van der Waals surface area contributed by atoms with Crippen molar-refractivity contribution in [2.24, 2.45) is 23.2 Å². The van der Waals surface area contributed by atoms with Gasteiger partial charge in [-0.15, -0.1) is 0 Å². The van der Waals surface area contributed by atoms with Crippen LogP contribution in [-0.2, 0) is 0 Å². The smallest absolute Gasteiger partial charge is 0.129 e. The summed E-state index contributed by atoms with van der Waals surface area (Å²) in [6, 6.07) is 9.96. The fourth-order valence-electron chi connectivity index (χ4n) is 4.03. The second-order valence-corrected chi connectivity index (χ2v) is 6.89. The lowest BCUT2D eigenvalue weighted by atomic mass is 9.65. The highest BCUT2D eigenvalue weighted by molar-refractivity contribution is 5.37. The van der Waals surface area contributed by atoms with Crippen LogP contribution in [0.1, 0.15) is 39.2 Å². The third-order valence-corrected chi connectivity index (χ3v) is 5.74. The Balaban J connectivity index is 1.86. The zero-order valence-corrected chi connectivity index (χ0v) is 12.0. The van der Waals surface area contributed by atoms with Crippen molar-refractivity contribution in [1.29, 1.82) is 0 Å². The second-order valence-electron chi connectivity index (χ2n) is 6.89. The summed E-state index contributed by atoms with van der Waals surface area (Å²) in [4.78, 5) is 0. The molecule has 0 unspecified atom stereocenters. The molecule has 1 N–H and O–H groups in total. The van der Waals surface area contributed by atoms with Crippen LogP contribution in [0.4, 0.5) is 0 Å². The van der Waals surface area contributed by atoms with Crippen LogP contribution in [0.3, 0.4) is 0 Å². The summed E-state index contributed by atoms with van der Waals surface area (Å²) in [6.45, 7) is 6.96.